The van der Waals surface area contributed by atoms with Gasteiger partial charge in [0.1, 0.15) is 11.3 Å². The Balaban J connectivity index is 2.31. The molecule has 0 bridgehead atoms. The molecule has 1 heterocycles. The average molecular weight is 357 g/mol. The Morgan fingerprint density at radius 2 is 2.05 bits per heavy atom. The maximum Gasteiger partial charge on any atom is 0.343 e. The van der Waals surface area contributed by atoms with Gasteiger partial charge in [-0.1, -0.05) is 11.6 Å². The van der Waals surface area contributed by atoms with Crippen LogP contribution < -0.4 is 4.74 Å². The number of hydrogen-bond acceptors (Lipinski definition) is 4. The van der Waals surface area contributed by atoms with Gasteiger partial charge in [0.15, 0.2) is 0 Å². The molecule has 0 saturated heterocycles. The Hall–Kier alpha value is -1.59. The second-order valence-corrected chi connectivity index (χ2v) is 5.13. The van der Waals surface area contributed by atoms with Gasteiger partial charge >= 0.3 is 5.97 Å². The van der Waals surface area contributed by atoms with Crippen molar-refractivity contribution < 1.29 is 14.3 Å². The number of carbonyl (C=O) groups excluding carboxylic acids is 1. The number of nitrogens with zero attached hydrogens (tertiary/aromatic N) is 1. The van der Waals surface area contributed by atoms with Gasteiger partial charge in [-0.05, 0) is 53.2 Å². The molecule has 6 heteroatoms. The van der Waals surface area contributed by atoms with E-state index in [0.717, 1.165) is 0 Å². The minimum Gasteiger partial charge on any atom is -0.462 e. The molecule has 0 spiro atoms. The highest BCUT2D eigenvalue weighted by Gasteiger charge is 2.16. The van der Waals surface area contributed by atoms with E-state index in [4.69, 9.17) is 21.1 Å². The topological polar surface area (TPSA) is 48.4 Å². The molecule has 1 aromatic carbocycles. The fraction of sp³-hybridized carbons (Fsp3) is 0.143. The molecule has 0 unspecified atom stereocenters. The Morgan fingerprint density at radius 1 is 1.35 bits per heavy atom. The monoisotopic (exact) mass is 355 g/mol. The van der Waals surface area contributed by atoms with Crippen LogP contribution in [0, 0.1) is 0 Å². The first kappa shape index (κ1) is 14.8. The number of rotatable bonds is 4. The summed E-state index contributed by atoms with van der Waals surface area (Å²) >= 11 is 9.07. The van der Waals surface area contributed by atoms with Crippen molar-refractivity contribution in [3.05, 3.63) is 51.6 Å². The van der Waals surface area contributed by atoms with Gasteiger partial charge in [0.2, 0.25) is 5.88 Å². The molecule has 0 fully saturated rings. The summed E-state index contributed by atoms with van der Waals surface area (Å²) in [5.74, 6) is 0.244. The molecule has 0 aliphatic carbocycles. The number of hydrogen-bond donors (Lipinski definition) is 0. The van der Waals surface area contributed by atoms with Crippen LogP contribution in [-0.2, 0) is 4.74 Å². The zero-order chi connectivity index (χ0) is 14.5. The molecular weight excluding hydrogens is 346 g/mol. The van der Waals surface area contributed by atoms with E-state index in [0.29, 0.717) is 15.2 Å². The van der Waals surface area contributed by atoms with Crippen molar-refractivity contribution in [2.75, 3.05) is 6.61 Å². The molecule has 0 N–H and O–H groups in total. The van der Waals surface area contributed by atoms with E-state index in [1.165, 1.54) is 0 Å². The molecule has 2 aromatic rings. The third-order valence-corrected chi connectivity index (χ3v) is 3.03. The first-order valence-corrected chi connectivity index (χ1v) is 7.03. The summed E-state index contributed by atoms with van der Waals surface area (Å²) in [4.78, 5) is 16.0. The normalized spacial score (nSPS) is 10.2. The fourth-order valence-electron chi connectivity index (χ4n) is 1.48. The summed E-state index contributed by atoms with van der Waals surface area (Å²) in [5.41, 5.74) is 0.260. The second-order valence-electron chi connectivity index (χ2n) is 3.78. The third kappa shape index (κ3) is 3.71. The molecular formula is C14H11BrClNO3. The van der Waals surface area contributed by atoms with Crippen LogP contribution in [0.1, 0.15) is 17.3 Å². The van der Waals surface area contributed by atoms with Crippen LogP contribution in [0.15, 0.2) is 41.0 Å². The highest BCUT2D eigenvalue weighted by molar-refractivity contribution is 9.10. The van der Waals surface area contributed by atoms with Gasteiger partial charge in [0.05, 0.1) is 6.61 Å². The van der Waals surface area contributed by atoms with Crippen LogP contribution in [0.25, 0.3) is 0 Å². The number of pyridine rings is 1. The van der Waals surface area contributed by atoms with Crippen molar-refractivity contribution in [3.8, 4) is 11.6 Å². The second kappa shape index (κ2) is 6.72. The average Bonchev–Trinajstić information content (AvgIpc) is 2.43. The molecule has 0 atom stereocenters. The smallest absolute Gasteiger partial charge is 0.343 e. The first-order chi connectivity index (χ1) is 9.60. The van der Waals surface area contributed by atoms with Crippen LogP contribution >= 0.6 is 27.5 Å². The van der Waals surface area contributed by atoms with Crippen LogP contribution in [0.5, 0.6) is 11.6 Å². The summed E-state index contributed by atoms with van der Waals surface area (Å²) < 4.78 is 11.2. The van der Waals surface area contributed by atoms with Crippen molar-refractivity contribution in [2.45, 2.75) is 6.92 Å². The summed E-state index contributed by atoms with van der Waals surface area (Å²) in [5, 5.41) is 0.603. The van der Waals surface area contributed by atoms with Crippen LogP contribution in [0.3, 0.4) is 0 Å². The largest absolute Gasteiger partial charge is 0.462 e. The SMILES string of the molecule is CCOC(=O)c1cc(Br)cnc1Oc1ccc(Cl)cc1. The molecule has 20 heavy (non-hydrogen) atoms. The Bertz CT molecular complexity index is 616. The van der Waals surface area contributed by atoms with E-state index >= 15 is 0 Å². The van der Waals surface area contributed by atoms with Crippen LogP contribution in [-0.4, -0.2) is 17.6 Å². The molecule has 0 saturated carbocycles. The predicted molar refractivity (Wildman–Crippen MR) is 79.4 cm³/mol. The van der Waals surface area contributed by atoms with Crippen molar-refractivity contribution in [3.63, 3.8) is 0 Å². The molecule has 0 aliphatic heterocycles. The maximum atomic E-state index is 11.9. The summed E-state index contributed by atoms with van der Waals surface area (Å²) in [6.07, 6.45) is 1.55. The highest BCUT2D eigenvalue weighted by Crippen LogP contribution is 2.27. The zero-order valence-corrected chi connectivity index (χ0v) is 12.9. The number of halogens is 2. The van der Waals surface area contributed by atoms with Crippen molar-refractivity contribution >= 4 is 33.5 Å². The molecule has 104 valence electrons. The lowest BCUT2D eigenvalue weighted by Crippen LogP contribution is -2.07. The van der Waals surface area contributed by atoms with Gasteiger partial charge in [0.25, 0.3) is 0 Å². The summed E-state index contributed by atoms with van der Waals surface area (Å²) in [6.45, 7) is 2.02. The lowest BCUT2D eigenvalue weighted by atomic mass is 10.2. The van der Waals surface area contributed by atoms with E-state index in [2.05, 4.69) is 20.9 Å². The third-order valence-electron chi connectivity index (χ3n) is 2.34. The van der Waals surface area contributed by atoms with Gasteiger partial charge < -0.3 is 9.47 Å². The highest BCUT2D eigenvalue weighted by atomic mass is 79.9. The predicted octanol–water partition coefficient (Wildman–Crippen LogP) is 4.47. The van der Waals surface area contributed by atoms with Gasteiger partial charge in [-0.2, -0.15) is 0 Å². The number of benzene rings is 1. The van der Waals surface area contributed by atoms with E-state index < -0.39 is 5.97 Å². The maximum absolute atomic E-state index is 11.9. The Morgan fingerprint density at radius 3 is 2.70 bits per heavy atom. The molecule has 2 rings (SSSR count). The van der Waals surface area contributed by atoms with Gasteiger partial charge in [-0.25, -0.2) is 9.78 Å². The minimum atomic E-state index is -0.481. The van der Waals surface area contributed by atoms with E-state index in [-0.39, 0.29) is 18.1 Å². The molecule has 1 aromatic heterocycles. The first-order valence-electron chi connectivity index (χ1n) is 5.86. The van der Waals surface area contributed by atoms with Gasteiger partial charge in [-0.3, -0.25) is 0 Å². The fourth-order valence-corrected chi connectivity index (χ4v) is 1.93. The van der Waals surface area contributed by atoms with E-state index in [9.17, 15) is 4.79 Å². The molecule has 0 amide bonds. The minimum absolute atomic E-state index is 0.189. The quantitative estimate of drug-likeness (QED) is 0.759. The standard InChI is InChI=1S/C14H11BrClNO3/c1-2-19-14(18)12-7-9(15)8-17-13(12)20-11-5-3-10(16)4-6-11/h3-8H,2H2,1H3. The van der Waals surface area contributed by atoms with Crippen LogP contribution in [0.2, 0.25) is 5.02 Å². The number of ether oxygens (including phenoxy) is 2. The summed E-state index contributed by atoms with van der Waals surface area (Å²) in [7, 11) is 0. The molecule has 0 aliphatic rings. The van der Waals surface area contributed by atoms with Gasteiger partial charge in [0, 0.05) is 15.7 Å². The molecule has 4 nitrogen and oxygen atoms in total. The van der Waals surface area contributed by atoms with E-state index in [1.54, 1.807) is 43.5 Å². The van der Waals surface area contributed by atoms with Crippen molar-refractivity contribution in [2.24, 2.45) is 0 Å². The number of aromatic nitrogens is 1. The van der Waals surface area contributed by atoms with Crippen LogP contribution in [0.4, 0.5) is 0 Å². The zero-order valence-electron chi connectivity index (χ0n) is 10.6. The Kier molecular flexibility index (Phi) is 4.98. The lowest BCUT2D eigenvalue weighted by Gasteiger charge is -2.09. The lowest BCUT2D eigenvalue weighted by molar-refractivity contribution is 0.0522. The molecule has 0 radical (unpaired) electrons. The Labute approximate surface area is 129 Å². The number of esters is 1. The summed E-state index contributed by atoms with van der Waals surface area (Å²) in [6, 6.07) is 8.39. The van der Waals surface area contributed by atoms with Gasteiger partial charge in [-0.15, -0.1) is 0 Å². The number of carbonyl (C=O) groups is 1. The van der Waals surface area contributed by atoms with Crippen molar-refractivity contribution in [1.29, 1.82) is 0 Å². The van der Waals surface area contributed by atoms with Crippen molar-refractivity contribution in [1.82, 2.24) is 4.98 Å². The van der Waals surface area contributed by atoms with E-state index in [1.807, 2.05) is 0 Å².